The molecule has 1 aromatic carbocycles. The Bertz CT molecular complexity index is 415. The molecular formula is C16H25NO2S. The molecule has 0 bridgehead atoms. The summed E-state index contributed by atoms with van der Waals surface area (Å²) in [6.07, 6.45) is 4.05. The molecule has 3 nitrogen and oxygen atoms in total. The fraction of sp³-hybridized carbons (Fsp3) is 0.562. The van der Waals surface area contributed by atoms with Gasteiger partial charge in [0.25, 0.3) is 0 Å². The topological polar surface area (TPSA) is 49.3 Å². The molecule has 1 aromatic rings. The Hall–Kier alpha value is -1.00. The zero-order chi connectivity index (χ0) is 15.0. The van der Waals surface area contributed by atoms with E-state index in [1.54, 1.807) is 11.8 Å². The number of hydrogen-bond acceptors (Lipinski definition) is 3. The molecule has 0 saturated heterocycles. The lowest BCUT2D eigenvalue weighted by molar-refractivity contribution is -0.137. The standard InChI is InChI=1S/C16H25NO2S/c1-16(2,9-8-15(18)19)10-11-17-12-13-4-6-14(20-3)7-5-13/h4-7,17H,8-12H2,1-3H3,(H,18,19). The third kappa shape index (κ3) is 6.96. The second kappa shape index (κ2) is 8.32. The minimum absolute atomic E-state index is 0.0775. The summed E-state index contributed by atoms with van der Waals surface area (Å²) in [4.78, 5) is 11.9. The maximum atomic E-state index is 10.6. The van der Waals surface area contributed by atoms with Crippen LogP contribution >= 0.6 is 11.8 Å². The van der Waals surface area contributed by atoms with E-state index in [0.29, 0.717) is 0 Å². The molecule has 0 heterocycles. The van der Waals surface area contributed by atoms with Crippen LogP contribution in [0.2, 0.25) is 0 Å². The number of rotatable bonds is 9. The Morgan fingerprint density at radius 1 is 1.25 bits per heavy atom. The summed E-state index contributed by atoms with van der Waals surface area (Å²) in [6.45, 7) is 6.04. The van der Waals surface area contributed by atoms with Crippen LogP contribution in [0.5, 0.6) is 0 Å². The van der Waals surface area contributed by atoms with Crippen molar-refractivity contribution >= 4 is 17.7 Å². The van der Waals surface area contributed by atoms with Crippen LogP contribution < -0.4 is 5.32 Å². The van der Waals surface area contributed by atoms with Crippen LogP contribution in [-0.2, 0) is 11.3 Å². The van der Waals surface area contributed by atoms with E-state index >= 15 is 0 Å². The molecule has 0 aliphatic heterocycles. The molecule has 0 spiro atoms. The zero-order valence-corrected chi connectivity index (χ0v) is 13.4. The van der Waals surface area contributed by atoms with Gasteiger partial charge in [-0.15, -0.1) is 11.8 Å². The minimum atomic E-state index is -0.708. The smallest absolute Gasteiger partial charge is 0.303 e. The van der Waals surface area contributed by atoms with E-state index < -0.39 is 5.97 Å². The highest BCUT2D eigenvalue weighted by molar-refractivity contribution is 7.98. The van der Waals surface area contributed by atoms with E-state index in [1.165, 1.54) is 10.5 Å². The van der Waals surface area contributed by atoms with Crippen LogP contribution in [0.4, 0.5) is 0 Å². The largest absolute Gasteiger partial charge is 0.481 e. The van der Waals surface area contributed by atoms with Crippen LogP contribution in [0.15, 0.2) is 29.2 Å². The number of nitrogens with one attached hydrogen (secondary N) is 1. The van der Waals surface area contributed by atoms with Crippen molar-refractivity contribution in [1.29, 1.82) is 0 Å². The van der Waals surface area contributed by atoms with Crippen molar-refractivity contribution in [2.24, 2.45) is 5.41 Å². The maximum absolute atomic E-state index is 10.6. The first kappa shape index (κ1) is 17.1. The Balaban J connectivity index is 2.24. The van der Waals surface area contributed by atoms with Gasteiger partial charge in [-0.3, -0.25) is 4.79 Å². The number of aliphatic carboxylic acids is 1. The summed E-state index contributed by atoms with van der Waals surface area (Å²) in [5.41, 5.74) is 1.36. The van der Waals surface area contributed by atoms with Crippen LogP contribution in [0.25, 0.3) is 0 Å². The third-order valence-corrected chi connectivity index (χ3v) is 4.23. The minimum Gasteiger partial charge on any atom is -0.481 e. The molecule has 4 heteroatoms. The molecule has 2 N–H and O–H groups in total. The van der Waals surface area contributed by atoms with E-state index in [9.17, 15) is 4.79 Å². The molecule has 0 atom stereocenters. The quantitative estimate of drug-likeness (QED) is 0.538. The zero-order valence-electron chi connectivity index (χ0n) is 12.6. The Kier molecular flexibility index (Phi) is 7.10. The Morgan fingerprint density at radius 2 is 1.90 bits per heavy atom. The van der Waals surface area contributed by atoms with Crippen molar-refractivity contribution in [3.8, 4) is 0 Å². The van der Waals surface area contributed by atoms with Gasteiger partial charge >= 0.3 is 5.97 Å². The van der Waals surface area contributed by atoms with E-state index in [4.69, 9.17) is 5.11 Å². The third-order valence-electron chi connectivity index (χ3n) is 3.48. The molecule has 0 unspecified atom stereocenters. The molecule has 1 rings (SSSR count). The van der Waals surface area contributed by atoms with Gasteiger partial charge < -0.3 is 10.4 Å². The summed E-state index contributed by atoms with van der Waals surface area (Å²) in [7, 11) is 0. The number of thioether (sulfide) groups is 1. The van der Waals surface area contributed by atoms with Crippen LogP contribution in [0.3, 0.4) is 0 Å². The lowest BCUT2D eigenvalue weighted by Crippen LogP contribution is -2.22. The molecule has 0 fully saturated rings. The SMILES string of the molecule is CSc1ccc(CNCCC(C)(C)CCC(=O)O)cc1. The Labute approximate surface area is 126 Å². The van der Waals surface area contributed by atoms with Crippen molar-refractivity contribution in [1.82, 2.24) is 5.32 Å². The van der Waals surface area contributed by atoms with Crippen LogP contribution in [0, 0.1) is 5.41 Å². The van der Waals surface area contributed by atoms with Crippen molar-refractivity contribution in [2.75, 3.05) is 12.8 Å². The number of carbonyl (C=O) groups is 1. The molecule has 0 radical (unpaired) electrons. The normalized spacial score (nSPS) is 11.6. The summed E-state index contributed by atoms with van der Waals surface area (Å²) in [5, 5.41) is 12.2. The van der Waals surface area contributed by atoms with Gasteiger partial charge in [-0.25, -0.2) is 0 Å². The van der Waals surface area contributed by atoms with Gasteiger partial charge in [-0.05, 0) is 48.8 Å². The first-order chi connectivity index (χ1) is 9.43. The molecule has 20 heavy (non-hydrogen) atoms. The summed E-state index contributed by atoms with van der Waals surface area (Å²) in [5.74, 6) is -0.708. The maximum Gasteiger partial charge on any atom is 0.303 e. The van der Waals surface area contributed by atoms with Crippen molar-refractivity contribution < 1.29 is 9.90 Å². The first-order valence-electron chi connectivity index (χ1n) is 6.98. The fourth-order valence-corrected chi connectivity index (χ4v) is 2.38. The van der Waals surface area contributed by atoms with Gasteiger partial charge in [0.15, 0.2) is 0 Å². The predicted octanol–water partition coefficient (Wildman–Crippen LogP) is 3.78. The molecule has 112 valence electrons. The lowest BCUT2D eigenvalue weighted by Gasteiger charge is -2.23. The monoisotopic (exact) mass is 295 g/mol. The van der Waals surface area contributed by atoms with Crippen LogP contribution in [-0.4, -0.2) is 23.9 Å². The molecule has 0 saturated carbocycles. The number of hydrogen-bond donors (Lipinski definition) is 2. The van der Waals surface area contributed by atoms with Crippen molar-refractivity contribution in [3.05, 3.63) is 29.8 Å². The predicted molar refractivity (Wildman–Crippen MR) is 85.2 cm³/mol. The van der Waals surface area contributed by atoms with Crippen molar-refractivity contribution in [3.63, 3.8) is 0 Å². The highest BCUT2D eigenvalue weighted by atomic mass is 32.2. The van der Waals surface area contributed by atoms with Gasteiger partial charge in [0.2, 0.25) is 0 Å². The van der Waals surface area contributed by atoms with Gasteiger partial charge in [-0.1, -0.05) is 26.0 Å². The highest BCUT2D eigenvalue weighted by Crippen LogP contribution is 2.26. The van der Waals surface area contributed by atoms with Crippen LogP contribution in [0.1, 0.15) is 38.7 Å². The fourth-order valence-electron chi connectivity index (χ4n) is 1.97. The van der Waals surface area contributed by atoms with E-state index in [1.807, 2.05) is 0 Å². The van der Waals surface area contributed by atoms with E-state index in [0.717, 1.165) is 25.9 Å². The summed E-state index contributed by atoms with van der Waals surface area (Å²) in [6, 6.07) is 8.57. The summed E-state index contributed by atoms with van der Waals surface area (Å²) < 4.78 is 0. The van der Waals surface area contributed by atoms with Gasteiger partial charge in [-0.2, -0.15) is 0 Å². The highest BCUT2D eigenvalue weighted by Gasteiger charge is 2.18. The lowest BCUT2D eigenvalue weighted by atomic mass is 9.84. The molecule has 0 aromatic heterocycles. The van der Waals surface area contributed by atoms with Gasteiger partial charge in [0.1, 0.15) is 0 Å². The number of carboxylic acids is 1. The number of benzene rings is 1. The average Bonchev–Trinajstić information content (AvgIpc) is 2.42. The molecule has 0 aliphatic carbocycles. The molecule has 0 amide bonds. The van der Waals surface area contributed by atoms with Gasteiger partial charge in [0, 0.05) is 17.9 Å². The Morgan fingerprint density at radius 3 is 2.45 bits per heavy atom. The average molecular weight is 295 g/mol. The van der Waals surface area contributed by atoms with Gasteiger partial charge in [0.05, 0.1) is 0 Å². The summed E-state index contributed by atoms with van der Waals surface area (Å²) >= 11 is 1.75. The van der Waals surface area contributed by atoms with E-state index in [2.05, 4.69) is 49.7 Å². The molecule has 0 aliphatic rings. The second-order valence-corrected chi connectivity index (χ2v) is 6.71. The van der Waals surface area contributed by atoms with Crippen molar-refractivity contribution in [2.45, 2.75) is 44.6 Å². The van der Waals surface area contributed by atoms with E-state index in [-0.39, 0.29) is 11.8 Å². The second-order valence-electron chi connectivity index (χ2n) is 5.83. The number of carboxylic acid groups (broad SMARTS) is 1. The molecular weight excluding hydrogens is 270 g/mol. The first-order valence-corrected chi connectivity index (χ1v) is 8.21.